The fourth-order valence-corrected chi connectivity index (χ4v) is 1.11. The Morgan fingerprint density at radius 1 is 1.11 bits per heavy atom. The van der Waals surface area contributed by atoms with Crippen molar-refractivity contribution in [1.29, 1.82) is 0 Å². The molecule has 98 valence electrons. The largest absolute Gasteiger partial charge is 0.416 e. The molecule has 0 saturated heterocycles. The minimum Gasteiger partial charge on any atom is -0.272 e. The van der Waals surface area contributed by atoms with Gasteiger partial charge in [-0.15, -0.1) is 11.6 Å². The van der Waals surface area contributed by atoms with Gasteiger partial charge >= 0.3 is 6.18 Å². The maximum absolute atomic E-state index is 12.2. The van der Waals surface area contributed by atoms with E-state index in [2.05, 4.69) is 0 Å². The predicted octanol–water partition coefficient (Wildman–Crippen LogP) is 1.71. The lowest BCUT2D eigenvalue weighted by molar-refractivity contribution is -0.137. The Balaban J connectivity index is 2.68. The van der Waals surface area contributed by atoms with Gasteiger partial charge in [0.15, 0.2) is 0 Å². The van der Waals surface area contributed by atoms with Gasteiger partial charge in [-0.3, -0.25) is 20.4 Å². The average Bonchev–Trinajstić information content (AvgIpc) is 2.34. The van der Waals surface area contributed by atoms with Crippen molar-refractivity contribution in [3.63, 3.8) is 0 Å². The van der Waals surface area contributed by atoms with Crippen LogP contribution in [0.25, 0.3) is 0 Å². The number of halogens is 4. The SMILES string of the molecule is O=C(CCl)NNC(=O)c1ccc(C(F)(F)F)cc1. The molecule has 1 aromatic rings. The molecule has 1 rings (SSSR count). The van der Waals surface area contributed by atoms with E-state index in [-0.39, 0.29) is 11.4 Å². The molecule has 0 aromatic heterocycles. The first kappa shape index (κ1) is 14.3. The van der Waals surface area contributed by atoms with E-state index in [1.807, 2.05) is 10.9 Å². The highest BCUT2D eigenvalue weighted by Crippen LogP contribution is 2.28. The van der Waals surface area contributed by atoms with Crippen LogP contribution in [0.4, 0.5) is 13.2 Å². The van der Waals surface area contributed by atoms with Crippen molar-refractivity contribution in [1.82, 2.24) is 10.9 Å². The number of carbonyl (C=O) groups excluding carboxylic acids is 2. The lowest BCUT2D eigenvalue weighted by atomic mass is 10.1. The molecular weight excluding hydrogens is 273 g/mol. The van der Waals surface area contributed by atoms with Gasteiger partial charge in [0.25, 0.3) is 11.8 Å². The van der Waals surface area contributed by atoms with Crippen LogP contribution in [0.1, 0.15) is 15.9 Å². The molecule has 0 bridgehead atoms. The highest BCUT2D eigenvalue weighted by molar-refractivity contribution is 6.27. The second-order valence-electron chi connectivity index (χ2n) is 3.21. The van der Waals surface area contributed by atoms with Crippen molar-refractivity contribution in [3.8, 4) is 0 Å². The van der Waals surface area contributed by atoms with Gasteiger partial charge < -0.3 is 0 Å². The molecule has 2 amide bonds. The van der Waals surface area contributed by atoms with Crippen LogP contribution in [0, 0.1) is 0 Å². The maximum Gasteiger partial charge on any atom is 0.416 e. The zero-order chi connectivity index (χ0) is 13.8. The van der Waals surface area contributed by atoms with Gasteiger partial charge in [0.2, 0.25) is 0 Å². The number of rotatable bonds is 2. The summed E-state index contributed by atoms with van der Waals surface area (Å²) in [4.78, 5) is 22.1. The lowest BCUT2D eigenvalue weighted by Gasteiger charge is -2.08. The van der Waals surface area contributed by atoms with E-state index in [0.717, 1.165) is 24.3 Å². The summed E-state index contributed by atoms with van der Waals surface area (Å²) in [5.41, 5.74) is 3.11. The monoisotopic (exact) mass is 280 g/mol. The van der Waals surface area contributed by atoms with Gasteiger partial charge in [0.1, 0.15) is 5.88 Å². The molecule has 4 nitrogen and oxygen atoms in total. The number of hydrazine groups is 1. The van der Waals surface area contributed by atoms with Crippen LogP contribution in [0.3, 0.4) is 0 Å². The van der Waals surface area contributed by atoms with Crippen LogP contribution < -0.4 is 10.9 Å². The lowest BCUT2D eigenvalue weighted by Crippen LogP contribution is -2.42. The smallest absolute Gasteiger partial charge is 0.272 e. The van der Waals surface area contributed by atoms with Crippen molar-refractivity contribution in [2.24, 2.45) is 0 Å². The van der Waals surface area contributed by atoms with Crippen molar-refractivity contribution in [3.05, 3.63) is 35.4 Å². The van der Waals surface area contributed by atoms with E-state index in [4.69, 9.17) is 11.6 Å². The van der Waals surface area contributed by atoms with E-state index in [1.165, 1.54) is 0 Å². The Morgan fingerprint density at radius 3 is 2.11 bits per heavy atom. The molecule has 2 N–H and O–H groups in total. The topological polar surface area (TPSA) is 58.2 Å². The van der Waals surface area contributed by atoms with E-state index in [0.29, 0.717) is 0 Å². The number of nitrogens with one attached hydrogen (secondary N) is 2. The number of benzene rings is 1. The molecule has 0 fully saturated rings. The summed E-state index contributed by atoms with van der Waals surface area (Å²) in [7, 11) is 0. The third-order valence-electron chi connectivity index (χ3n) is 1.91. The molecule has 0 radical (unpaired) electrons. The number of hydrogen-bond acceptors (Lipinski definition) is 2. The summed E-state index contributed by atoms with van der Waals surface area (Å²) in [5.74, 6) is -1.70. The highest BCUT2D eigenvalue weighted by atomic mass is 35.5. The Hall–Kier alpha value is -1.76. The van der Waals surface area contributed by atoms with E-state index >= 15 is 0 Å². The van der Waals surface area contributed by atoms with Crippen LogP contribution in [0.15, 0.2) is 24.3 Å². The third kappa shape index (κ3) is 3.92. The normalized spacial score (nSPS) is 10.9. The Morgan fingerprint density at radius 2 is 1.67 bits per heavy atom. The molecule has 1 aromatic carbocycles. The highest BCUT2D eigenvalue weighted by Gasteiger charge is 2.30. The van der Waals surface area contributed by atoms with Crippen LogP contribution in [-0.2, 0) is 11.0 Å². The molecule has 0 atom stereocenters. The zero-order valence-corrected chi connectivity index (χ0v) is 9.60. The quantitative estimate of drug-likeness (QED) is 0.640. The zero-order valence-electron chi connectivity index (χ0n) is 8.84. The fraction of sp³-hybridized carbons (Fsp3) is 0.200. The molecule has 0 aliphatic rings. The second-order valence-corrected chi connectivity index (χ2v) is 3.48. The number of amides is 2. The summed E-state index contributed by atoms with van der Waals surface area (Å²) in [6, 6.07) is 3.56. The fourth-order valence-electron chi connectivity index (χ4n) is 1.04. The van der Waals surface area contributed by atoms with Gasteiger partial charge in [-0.05, 0) is 24.3 Å². The summed E-state index contributed by atoms with van der Waals surface area (Å²) in [5, 5.41) is 0. The van der Waals surface area contributed by atoms with E-state index < -0.39 is 23.6 Å². The van der Waals surface area contributed by atoms with Gasteiger partial charge in [0, 0.05) is 5.56 Å². The van der Waals surface area contributed by atoms with E-state index in [9.17, 15) is 22.8 Å². The summed E-state index contributed by atoms with van der Waals surface area (Å²) < 4.78 is 36.7. The Kier molecular flexibility index (Phi) is 4.55. The van der Waals surface area contributed by atoms with Crippen molar-refractivity contribution in [2.45, 2.75) is 6.18 Å². The number of hydrogen-bond donors (Lipinski definition) is 2. The molecule has 8 heteroatoms. The molecule has 0 heterocycles. The molecule has 0 aliphatic carbocycles. The third-order valence-corrected chi connectivity index (χ3v) is 2.15. The average molecular weight is 281 g/mol. The standard InChI is InChI=1S/C10H8ClF3N2O2/c11-5-8(17)15-16-9(18)6-1-3-7(4-2-6)10(12,13)14/h1-4H,5H2,(H,15,17)(H,16,18). The van der Waals surface area contributed by atoms with Gasteiger partial charge in [0.05, 0.1) is 5.56 Å². The molecule has 0 unspecified atom stereocenters. The van der Waals surface area contributed by atoms with Crippen molar-refractivity contribution in [2.75, 3.05) is 5.88 Å². The molecule has 0 saturated carbocycles. The number of carbonyl (C=O) groups is 2. The first-order valence-electron chi connectivity index (χ1n) is 4.67. The van der Waals surface area contributed by atoms with Crippen LogP contribution >= 0.6 is 11.6 Å². The van der Waals surface area contributed by atoms with Gasteiger partial charge in [-0.25, -0.2) is 0 Å². The van der Waals surface area contributed by atoms with Crippen molar-refractivity contribution < 1.29 is 22.8 Å². The predicted molar refractivity (Wildman–Crippen MR) is 57.8 cm³/mol. The maximum atomic E-state index is 12.2. The summed E-state index contributed by atoms with van der Waals surface area (Å²) in [6.07, 6.45) is -4.46. The van der Waals surface area contributed by atoms with Gasteiger partial charge in [-0.2, -0.15) is 13.2 Å². The summed E-state index contributed by atoms with van der Waals surface area (Å²) >= 11 is 5.16. The minimum absolute atomic E-state index is 0.0159. The second kappa shape index (κ2) is 5.72. The first-order valence-corrected chi connectivity index (χ1v) is 5.20. The number of alkyl halides is 4. The first-order chi connectivity index (χ1) is 8.34. The van der Waals surface area contributed by atoms with E-state index in [1.54, 1.807) is 0 Å². The molecular formula is C10H8ClF3N2O2. The Bertz CT molecular complexity index is 445. The van der Waals surface area contributed by atoms with Crippen LogP contribution in [0.2, 0.25) is 0 Å². The van der Waals surface area contributed by atoms with Gasteiger partial charge in [-0.1, -0.05) is 0 Å². The summed E-state index contributed by atoms with van der Waals surface area (Å²) in [6.45, 7) is 0. The molecule has 0 spiro atoms. The minimum atomic E-state index is -4.46. The van der Waals surface area contributed by atoms with Crippen molar-refractivity contribution >= 4 is 23.4 Å². The molecule has 0 aliphatic heterocycles. The molecule has 18 heavy (non-hydrogen) atoms. The van der Waals surface area contributed by atoms with Crippen LogP contribution in [-0.4, -0.2) is 17.7 Å². The van der Waals surface area contributed by atoms with Crippen LogP contribution in [0.5, 0.6) is 0 Å². The Labute approximate surface area is 105 Å².